The molecule has 0 spiro atoms. The molecule has 2 amide bonds. The third-order valence-electron chi connectivity index (χ3n) is 4.76. The lowest BCUT2D eigenvalue weighted by molar-refractivity contribution is -0.384. The molecule has 164 valence electrons. The molecule has 1 fully saturated rings. The summed E-state index contributed by atoms with van der Waals surface area (Å²) >= 11 is 0. The Kier molecular flexibility index (Phi) is 5.50. The van der Waals surface area contributed by atoms with Gasteiger partial charge < -0.3 is 14.0 Å². The van der Waals surface area contributed by atoms with Crippen LogP contribution in [0.25, 0.3) is 0 Å². The molecule has 32 heavy (non-hydrogen) atoms. The first-order valence-electron chi connectivity index (χ1n) is 9.20. The van der Waals surface area contributed by atoms with E-state index in [0.717, 1.165) is 24.3 Å². The van der Waals surface area contributed by atoms with Crippen molar-refractivity contribution in [2.75, 3.05) is 0 Å². The van der Waals surface area contributed by atoms with E-state index < -0.39 is 40.9 Å². The summed E-state index contributed by atoms with van der Waals surface area (Å²) in [6.45, 7) is 0.0801. The monoisotopic (exact) mass is 444 g/mol. The fourth-order valence-electron chi connectivity index (χ4n) is 3.30. The van der Waals surface area contributed by atoms with Gasteiger partial charge in [-0.2, -0.15) is 0 Å². The molecule has 1 aliphatic heterocycles. The summed E-state index contributed by atoms with van der Waals surface area (Å²) < 4.78 is 39.5. The van der Waals surface area contributed by atoms with Gasteiger partial charge in [-0.25, -0.2) is 28.3 Å². The number of non-ortho nitro benzene ring substituents is 1. The van der Waals surface area contributed by atoms with Crippen molar-refractivity contribution in [1.82, 2.24) is 14.5 Å². The quantitative estimate of drug-likeness (QED) is 0.434. The lowest BCUT2D eigenvalue weighted by Gasteiger charge is -2.23. The molecule has 2 heterocycles. The number of benzene rings is 2. The molecule has 3 aromatic rings. The number of imide groups is 1. The average molecular weight is 444 g/mol. The highest BCUT2D eigenvalue weighted by Gasteiger charge is 2.47. The van der Waals surface area contributed by atoms with Gasteiger partial charge >= 0.3 is 12.2 Å². The van der Waals surface area contributed by atoms with Crippen LogP contribution in [-0.2, 0) is 11.3 Å². The lowest BCUT2D eigenvalue weighted by Crippen LogP contribution is -2.38. The zero-order valence-corrected chi connectivity index (χ0v) is 16.1. The van der Waals surface area contributed by atoms with E-state index >= 15 is 0 Å². The number of hydrogen-bond donors (Lipinski definition) is 0. The van der Waals surface area contributed by atoms with Crippen LogP contribution in [0.3, 0.4) is 0 Å². The van der Waals surface area contributed by atoms with Crippen LogP contribution in [0.2, 0.25) is 0 Å². The van der Waals surface area contributed by atoms with Gasteiger partial charge in [-0.05, 0) is 29.8 Å². The van der Waals surface area contributed by atoms with Gasteiger partial charge in [0.25, 0.3) is 5.69 Å². The SMILES string of the molecule is O=C(Oc1ccc([N+](=O)[O-])cc1)N1C(=O)O[C@H](Cn2ccnc2)[C@@H]1c1ccc(F)c(F)c1. The molecule has 0 aliphatic carbocycles. The number of nitro groups is 1. The molecule has 2 aromatic carbocycles. The number of ether oxygens (including phenoxy) is 2. The number of cyclic esters (lactones) is 1. The Labute approximate surface area is 178 Å². The standard InChI is InChI=1S/C20H14F2N4O6/c21-15-6-1-12(9-16(15)22)18-17(10-24-8-7-23-11-24)32-20(28)25(18)19(27)31-14-4-2-13(3-5-14)26(29)30/h1-9,11,17-18H,10H2/t17-,18+/m1/s1. The Balaban J connectivity index is 1.64. The molecule has 2 atom stereocenters. The van der Waals surface area contributed by atoms with E-state index in [9.17, 15) is 28.5 Å². The minimum Gasteiger partial charge on any atom is -0.441 e. The van der Waals surface area contributed by atoms with E-state index in [1.165, 1.54) is 30.7 Å². The number of nitrogens with zero attached hydrogens (tertiary/aromatic N) is 4. The minimum absolute atomic E-state index is 0.0597. The fourth-order valence-corrected chi connectivity index (χ4v) is 3.30. The number of aromatic nitrogens is 2. The summed E-state index contributed by atoms with van der Waals surface area (Å²) in [5.74, 6) is -2.31. The molecule has 1 saturated heterocycles. The Morgan fingerprint density at radius 3 is 2.56 bits per heavy atom. The van der Waals surface area contributed by atoms with Crippen molar-refractivity contribution in [2.24, 2.45) is 0 Å². The number of hydrogen-bond acceptors (Lipinski definition) is 7. The van der Waals surface area contributed by atoms with Crippen molar-refractivity contribution < 1.29 is 32.8 Å². The van der Waals surface area contributed by atoms with E-state index in [1.54, 1.807) is 10.8 Å². The molecule has 0 N–H and O–H groups in total. The van der Waals surface area contributed by atoms with Gasteiger partial charge in [0.1, 0.15) is 17.9 Å². The van der Waals surface area contributed by atoms with Crippen LogP contribution in [0.15, 0.2) is 61.2 Å². The summed E-state index contributed by atoms with van der Waals surface area (Å²) in [6, 6.07) is 6.47. The van der Waals surface area contributed by atoms with Gasteiger partial charge in [-0.1, -0.05) is 6.07 Å². The van der Waals surface area contributed by atoms with Crippen molar-refractivity contribution in [1.29, 1.82) is 0 Å². The van der Waals surface area contributed by atoms with Crippen molar-refractivity contribution in [3.05, 3.63) is 88.5 Å². The van der Waals surface area contributed by atoms with Crippen molar-refractivity contribution in [2.45, 2.75) is 18.7 Å². The van der Waals surface area contributed by atoms with Gasteiger partial charge in [-0.15, -0.1) is 0 Å². The first kappa shape index (κ1) is 20.9. The molecule has 1 aromatic heterocycles. The zero-order valence-electron chi connectivity index (χ0n) is 16.1. The third kappa shape index (κ3) is 4.10. The number of nitro benzene ring substituents is 1. The van der Waals surface area contributed by atoms with E-state index in [4.69, 9.17) is 9.47 Å². The van der Waals surface area contributed by atoms with E-state index in [-0.39, 0.29) is 23.5 Å². The van der Waals surface area contributed by atoms with Gasteiger partial charge in [0, 0.05) is 24.5 Å². The van der Waals surface area contributed by atoms with E-state index in [0.29, 0.717) is 4.90 Å². The second-order valence-corrected chi connectivity index (χ2v) is 6.79. The normalized spacial score (nSPS) is 17.8. The van der Waals surface area contributed by atoms with Crippen LogP contribution in [0.1, 0.15) is 11.6 Å². The molecule has 12 heteroatoms. The second-order valence-electron chi connectivity index (χ2n) is 6.79. The summed E-state index contributed by atoms with van der Waals surface area (Å²) in [7, 11) is 0. The van der Waals surface area contributed by atoms with Gasteiger partial charge in [0.05, 0.1) is 17.8 Å². The summed E-state index contributed by atoms with van der Waals surface area (Å²) in [4.78, 5) is 40.0. The maximum absolute atomic E-state index is 13.9. The largest absolute Gasteiger partial charge is 0.441 e. The van der Waals surface area contributed by atoms with Crippen LogP contribution in [-0.4, -0.2) is 37.7 Å². The van der Waals surface area contributed by atoms with Crippen LogP contribution >= 0.6 is 0 Å². The predicted octanol–water partition coefficient (Wildman–Crippen LogP) is 3.83. The Bertz CT molecular complexity index is 1170. The number of rotatable bonds is 5. The molecule has 0 bridgehead atoms. The third-order valence-corrected chi connectivity index (χ3v) is 4.76. The highest BCUT2D eigenvalue weighted by atomic mass is 19.2. The lowest BCUT2D eigenvalue weighted by atomic mass is 10.0. The molecule has 4 rings (SSSR count). The van der Waals surface area contributed by atoms with E-state index in [1.807, 2.05) is 0 Å². The highest BCUT2D eigenvalue weighted by molar-refractivity contribution is 5.91. The maximum atomic E-state index is 13.9. The van der Waals surface area contributed by atoms with Crippen LogP contribution in [0, 0.1) is 21.7 Å². The number of amides is 2. The summed E-state index contributed by atoms with van der Waals surface area (Å²) in [5.41, 5.74) is -0.106. The zero-order chi connectivity index (χ0) is 22.8. The van der Waals surface area contributed by atoms with Crippen molar-refractivity contribution >= 4 is 17.9 Å². The molecule has 10 nitrogen and oxygen atoms in total. The smallest absolute Gasteiger partial charge is 0.425 e. The number of carbonyl (C=O) groups excluding carboxylic acids is 2. The Hall–Kier alpha value is -4.35. The maximum Gasteiger partial charge on any atom is 0.425 e. The topological polar surface area (TPSA) is 117 Å². The van der Waals surface area contributed by atoms with Crippen molar-refractivity contribution in [3.8, 4) is 5.75 Å². The first-order chi connectivity index (χ1) is 15.3. The van der Waals surface area contributed by atoms with Crippen molar-refractivity contribution in [3.63, 3.8) is 0 Å². The van der Waals surface area contributed by atoms with Crippen LogP contribution in [0.4, 0.5) is 24.1 Å². The summed E-state index contributed by atoms with van der Waals surface area (Å²) in [6.07, 6.45) is 1.43. The Morgan fingerprint density at radius 2 is 1.94 bits per heavy atom. The molecule has 0 saturated carbocycles. The summed E-state index contributed by atoms with van der Waals surface area (Å²) in [5, 5.41) is 10.8. The number of carbonyl (C=O) groups is 2. The first-order valence-corrected chi connectivity index (χ1v) is 9.20. The molecule has 0 radical (unpaired) electrons. The molecule has 0 unspecified atom stereocenters. The van der Waals surface area contributed by atoms with E-state index in [2.05, 4.69) is 4.98 Å². The van der Waals surface area contributed by atoms with Gasteiger partial charge in [0.2, 0.25) is 0 Å². The highest BCUT2D eigenvalue weighted by Crippen LogP contribution is 2.36. The van der Waals surface area contributed by atoms with Crippen LogP contribution < -0.4 is 4.74 Å². The fraction of sp³-hybridized carbons (Fsp3) is 0.150. The number of halogens is 2. The molecule has 1 aliphatic rings. The Morgan fingerprint density at radius 1 is 1.19 bits per heavy atom. The molecular formula is C20H14F2N4O6. The van der Waals surface area contributed by atoms with Gasteiger partial charge in [-0.3, -0.25) is 10.1 Å². The van der Waals surface area contributed by atoms with Gasteiger partial charge in [0.15, 0.2) is 11.6 Å². The predicted molar refractivity (Wildman–Crippen MR) is 103 cm³/mol. The second kappa shape index (κ2) is 8.41. The minimum atomic E-state index is -1.16. The number of imidazole rings is 1. The molecular weight excluding hydrogens is 430 g/mol. The average Bonchev–Trinajstić information content (AvgIpc) is 3.38. The van der Waals surface area contributed by atoms with Crippen LogP contribution in [0.5, 0.6) is 5.75 Å².